The van der Waals surface area contributed by atoms with Crippen LogP contribution in [0.2, 0.25) is 0 Å². The van der Waals surface area contributed by atoms with Crippen LogP contribution in [-0.4, -0.2) is 57.4 Å². The van der Waals surface area contributed by atoms with Crippen molar-refractivity contribution >= 4 is 5.91 Å². The highest BCUT2D eigenvalue weighted by Crippen LogP contribution is 2.23. The highest BCUT2D eigenvalue weighted by atomic mass is 16.5. The topological polar surface area (TPSA) is 48.0 Å². The van der Waals surface area contributed by atoms with Crippen LogP contribution in [0.5, 0.6) is 5.75 Å². The lowest BCUT2D eigenvalue weighted by atomic mass is 10.1. The summed E-state index contributed by atoms with van der Waals surface area (Å²) in [5.74, 6) is 0.979. The van der Waals surface area contributed by atoms with Gasteiger partial charge >= 0.3 is 0 Å². The molecule has 22 heavy (non-hydrogen) atoms. The fourth-order valence-electron chi connectivity index (χ4n) is 3.00. The molecule has 0 radical (unpaired) electrons. The van der Waals surface area contributed by atoms with Gasteiger partial charge in [-0.15, -0.1) is 0 Å². The number of hydrogen-bond donors (Lipinski definition) is 0. The largest absolute Gasteiger partial charge is 0.496 e. The fraction of sp³-hybridized carbons (Fsp3) is 0.588. The molecule has 0 spiro atoms. The Kier molecular flexibility index (Phi) is 6.21. The molecule has 5 nitrogen and oxygen atoms in total. The number of benzene rings is 1. The van der Waals surface area contributed by atoms with Gasteiger partial charge in [0.05, 0.1) is 25.9 Å². The molecule has 2 atom stereocenters. The van der Waals surface area contributed by atoms with E-state index in [0.29, 0.717) is 26.0 Å². The lowest BCUT2D eigenvalue weighted by Gasteiger charge is -2.24. The summed E-state index contributed by atoms with van der Waals surface area (Å²) in [4.78, 5) is 14.4. The van der Waals surface area contributed by atoms with Crippen molar-refractivity contribution in [3.63, 3.8) is 0 Å². The Labute approximate surface area is 132 Å². The van der Waals surface area contributed by atoms with E-state index in [1.807, 2.05) is 29.2 Å². The number of nitrogens with zero attached hydrogens (tertiary/aromatic N) is 1. The molecule has 0 bridgehead atoms. The van der Waals surface area contributed by atoms with E-state index in [1.165, 1.54) is 0 Å². The Morgan fingerprint density at radius 1 is 1.27 bits per heavy atom. The van der Waals surface area contributed by atoms with E-state index >= 15 is 0 Å². The second-order valence-corrected chi connectivity index (χ2v) is 5.56. The van der Waals surface area contributed by atoms with Crippen LogP contribution in [-0.2, 0) is 20.7 Å². The molecule has 5 heteroatoms. The zero-order chi connectivity index (χ0) is 15.9. The van der Waals surface area contributed by atoms with Crippen LogP contribution >= 0.6 is 0 Å². The van der Waals surface area contributed by atoms with Gasteiger partial charge in [0.2, 0.25) is 5.91 Å². The molecular weight excluding hydrogens is 282 g/mol. The number of likely N-dealkylation sites (tertiary alicyclic amines) is 1. The van der Waals surface area contributed by atoms with Crippen LogP contribution in [0.3, 0.4) is 0 Å². The first-order valence-corrected chi connectivity index (χ1v) is 7.62. The van der Waals surface area contributed by atoms with Crippen molar-refractivity contribution in [2.24, 2.45) is 0 Å². The predicted octanol–water partition coefficient (Wildman–Crippen LogP) is 1.89. The van der Waals surface area contributed by atoms with Crippen LogP contribution in [0.25, 0.3) is 0 Å². The third kappa shape index (κ3) is 3.99. The minimum atomic E-state index is 0.107. The summed E-state index contributed by atoms with van der Waals surface area (Å²) in [6.45, 7) is 1.20. The van der Waals surface area contributed by atoms with Crippen LogP contribution in [0, 0.1) is 0 Å². The molecule has 0 saturated carbocycles. The van der Waals surface area contributed by atoms with Gasteiger partial charge in [-0.3, -0.25) is 4.79 Å². The second kappa shape index (κ2) is 8.15. The van der Waals surface area contributed by atoms with Crippen molar-refractivity contribution in [3.05, 3.63) is 29.8 Å². The molecule has 1 heterocycles. The number of methoxy groups -OCH3 is 3. The van der Waals surface area contributed by atoms with Crippen LogP contribution < -0.4 is 4.74 Å². The van der Waals surface area contributed by atoms with Gasteiger partial charge in [0, 0.05) is 27.2 Å². The van der Waals surface area contributed by atoms with Crippen molar-refractivity contribution in [2.45, 2.75) is 31.4 Å². The lowest BCUT2D eigenvalue weighted by Crippen LogP contribution is -2.38. The first-order chi connectivity index (χ1) is 10.7. The van der Waals surface area contributed by atoms with Crippen molar-refractivity contribution in [1.29, 1.82) is 0 Å². The maximum absolute atomic E-state index is 12.5. The summed E-state index contributed by atoms with van der Waals surface area (Å²) in [7, 11) is 5.01. The summed E-state index contributed by atoms with van der Waals surface area (Å²) < 4.78 is 16.0. The lowest BCUT2D eigenvalue weighted by molar-refractivity contribution is -0.133. The number of carbonyl (C=O) groups excluding carboxylic acids is 1. The number of amides is 1. The van der Waals surface area contributed by atoms with Crippen molar-refractivity contribution < 1.29 is 19.0 Å². The number of aryl methyl sites for hydroxylation is 1. The van der Waals surface area contributed by atoms with E-state index in [9.17, 15) is 4.79 Å². The molecule has 1 amide bonds. The highest BCUT2D eigenvalue weighted by Gasteiger charge is 2.34. The molecule has 2 rings (SSSR count). The van der Waals surface area contributed by atoms with Gasteiger partial charge in [-0.1, -0.05) is 18.2 Å². The van der Waals surface area contributed by atoms with Crippen LogP contribution in [0.4, 0.5) is 0 Å². The minimum absolute atomic E-state index is 0.107. The molecule has 0 unspecified atom stereocenters. The molecular formula is C17H25NO4. The SMILES string of the molecule is COC[C@@H]1C[C@H](OC)CN1C(=O)CCc1ccccc1OC. The Balaban J connectivity index is 1.96. The molecule has 1 saturated heterocycles. The summed E-state index contributed by atoms with van der Waals surface area (Å²) >= 11 is 0. The van der Waals surface area contributed by atoms with E-state index in [-0.39, 0.29) is 18.1 Å². The molecule has 0 aromatic heterocycles. The van der Waals surface area contributed by atoms with E-state index in [1.54, 1.807) is 21.3 Å². The number of ether oxygens (including phenoxy) is 3. The molecule has 1 aromatic rings. The number of carbonyl (C=O) groups is 1. The van der Waals surface area contributed by atoms with Crippen molar-refractivity contribution in [2.75, 3.05) is 34.5 Å². The molecule has 122 valence electrons. The fourth-order valence-corrected chi connectivity index (χ4v) is 3.00. The number of hydrogen-bond acceptors (Lipinski definition) is 4. The number of para-hydroxylation sites is 1. The average molecular weight is 307 g/mol. The third-order valence-electron chi connectivity index (χ3n) is 4.19. The zero-order valence-corrected chi connectivity index (χ0v) is 13.6. The third-order valence-corrected chi connectivity index (χ3v) is 4.19. The van der Waals surface area contributed by atoms with Gasteiger partial charge in [0.15, 0.2) is 0 Å². The Morgan fingerprint density at radius 3 is 2.73 bits per heavy atom. The van der Waals surface area contributed by atoms with Gasteiger partial charge in [-0.25, -0.2) is 0 Å². The van der Waals surface area contributed by atoms with Gasteiger partial charge in [0.25, 0.3) is 0 Å². The van der Waals surface area contributed by atoms with Crippen molar-refractivity contribution in [3.8, 4) is 5.75 Å². The maximum Gasteiger partial charge on any atom is 0.223 e. The maximum atomic E-state index is 12.5. The summed E-state index contributed by atoms with van der Waals surface area (Å²) in [5.41, 5.74) is 1.06. The van der Waals surface area contributed by atoms with Crippen LogP contribution in [0.15, 0.2) is 24.3 Å². The predicted molar refractivity (Wildman–Crippen MR) is 84.1 cm³/mol. The van der Waals surface area contributed by atoms with Crippen LogP contribution in [0.1, 0.15) is 18.4 Å². The van der Waals surface area contributed by atoms with E-state index in [4.69, 9.17) is 14.2 Å². The van der Waals surface area contributed by atoms with E-state index in [2.05, 4.69) is 0 Å². The second-order valence-electron chi connectivity index (χ2n) is 5.56. The van der Waals surface area contributed by atoms with Gasteiger partial charge < -0.3 is 19.1 Å². The molecule has 1 aromatic carbocycles. The average Bonchev–Trinajstić information content (AvgIpc) is 2.96. The normalized spacial score (nSPS) is 21.1. The van der Waals surface area contributed by atoms with E-state index < -0.39 is 0 Å². The Hall–Kier alpha value is -1.59. The molecule has 1 fully saturated rings. The van der Waals surface area contributed by atoms with Gasteiger partial charge in [0.1, 0.15) is 5.75 Å². The van der Waals surface area contributed by atoms with E-state index in [0.717, 1.165) is 17.7 Å². The summed E-state index contributed by atoms with van der Waals surface area (Å²) in [6.07, 6.45) is 2.09. The standard InChI is InChI=1S/C17H25NO4/c1-20-12-14-10-15(21-2)11-18(14)17(19)9-8-13-6-4-5-7-16(13)22-3/h4-7,14-15H,8-12H2,1-3H3/t14-,15-/m0/s1. The van der Waals surface area contributed by atoms with Gasteiger partial charge in [-0.05, 0) is 24.5 Å². The monoisotopic (exact) mass is 307 g/mol. The van der Waals surface area contributed by atoms with Gasteiger partial charge in [-0.2, -0.15) is 0 Å². The highest BCUT2D eigenvalue weighted by molar-refractivity contribution is 5.77. The minimum Gasteiger partial charge on any atom is -0.496 e. The smallest absolute Gasteiger partial charge is 0.223 e. The summed E-state index contributed by atoms with van der Waals surface area (Å²) in [5, 5.41) is 0. The molecule has 1 aliphatic heterocycles. The summed E-state index contributed by atoms with van der Waals surface area (Å²) in [6, 6.07) is 7.93. The quantitative estimate of drug-likeness (QED) is 0.772. The Morgan fingerprint density at radius 2 is 2.05 bits per heavy atom. The Bertz CT molecular complexity index is 491. The molecule has 1 aliphatic rings. The first kappa shape index (κ1) is 16.8. The molecule has 0 aliphatic carbocycles. The zero-order valence-electron chi connectivity index (χ0n) is 13.6. The number of rotatable bonds is 7. The molecule has 0 N–H and O–H groups in total. The van der Waals surface area contributed by atoms with Crippen molar-refractivity contribution in [1.82, 2.24) is 4.90 Å². The first-order valence-electron chi connectivity index (χ1n) is 7.62.